The van der Waals surface area contributed by atoms with Gasteiger partial charge in [-0.1, -0.05) is 29.8 Å². The van der Waals surface area contributed by atoms with Crippen molar-refractivity contribution in [3.05, 3.63) is 88.2 Å². The first-order valence-corrected chi connectivity index (χ1v) is 10.5. The number of carbonyl (C=O) groups is 2. The smallest absolute Gasteiger partial charge is 0.416 e. The minimum absolute atomic E-state index is 0.0302. The molecular weight excluding hydrogens is 506 g/mol. The van der Waals surface area contributed by atoms with Gasteiger partial charge in [-0.05, 0) is 48.0 Å². The molecule has 12 heteroatoms. The number of rotatable bonds is 7. The van der Waals surface area contributed by atoms with E-state index in [1.807, 2.05) is 10.7 Å². The topological polar surface area (TPSA) is 89.0 Å². The highest BCUT2D eigenvalue weighted by Gasteiger charge is 2.31. The predicted octanol–water partition coefficient (Wildman–Crippen LogP) is 5.17. The number of nitrogens with one attached hydrogen (secondary N) is 2. The van der Waals surface area contributed by atoms with Crippen LogP contribution in [0.15, 0.2) is 65.8 Å². The molecule has 188 valence electrons. The fourth-order valence-electron chi connectivity index (χ4n) is 2.85. The van der Waals surface area contributed by atoms with E-state index >= 15 is 0 Å². The van der Waals surface area contributed by atoms with Crippen LogP contribution < -0.4 is 20.2 Å². The molecule has 0 radical (unpaired) electrons. The molecule has 0 bridgehead atoms. The van der Waals surface area contributed by atoms with Crippen molar-refractivity contribution in [1.29, 1.82) is 0 Å². The van der Waals surface area contributed by atoms with Crippen LogP contribution in [0.25, 0.3) is 0 Å². The highest BCUT2D eigenvalue weighted by atomic mass is 35.5. The predicted molar refractivity (Wildman–Crippen MR) is 125 cm³/mol. The third-order valence-corrected chi connectivity index (χ3v) is 4.99. The number of nitrogens with zero attached hydrogens (tertiary/aromatic N) is 1. The molecule has 3 rings (SSSR count). The largest absolute Gasteiger partial charge is 0.493 e. The monoisotopic (exact) mass is 523 g/mol. The van der Waals surface area contributed by atoms with Gasteiger partial charge >= 0.3 is 18.0 Å². The molecule has 36 heavy (non-hydrogen) atoms. The van der Waals surface area contributed by atoms with E-state index in [-0.39, 0.29) is 17.3 Å². The molecule has 0 aliphatic rings. The van der Waals surface area contributed by atoms with Crippen LogP contribution >= 0.6 is 11.6 Å². The van der Waals surface area contributed by atoms with Gasteiger partial charge in [-0.15, -0.1) is 0 Å². The second-order valence-electron chi connectivity index (χ2n) is 7.14. The van der Waals surface area contributed by atoms with Crippen LogP contribution in [0.2, 0.25) is 5.02 Å². The summed E-state index contributed by atoms with van der Waals surface area (Å²) in [7, 11) is 1.40. The first kappa shape index (κ1) is 26.5. The lowest BCUT2D eigenvalue weighted by molar-refractivity contribution is -0.137. The summed E-state index contributed by atoms with van der Waals surface area (Å²) in [6, 6.07) is 13.1. The summed E-state index contributed by atoms with van der Waals surface area (Å²) >= 11 is 5.80. The van der Waals surface area contributed by atoms with E-state index < -0.39 is 29.4 Å². The Morgan fingerprint density at radius 1 is 1.03 bits per heavy atom. The average molecular weight is 524 g/mol. The zero-order valence-electron chi connectivity index (χ0n) is 18.5. The molecule has 7 nitrogen and oxygen atoms in total. The Morgan fingerprint density at radius 3 is 2.47 bits per heavy atom. The van der Waals surface area contributed by atoms with Crippen LogP contribution in [0, 0.1) is 5.82 Å². The molecule has 3 aromatic carbocycles. The quantitative estimate of drug-likeness (QED) is 0.193. The number of carbonyl (C=O) groups excluding carboxylic acids is 2. The number of methoxy groups -OCH3 is 1. The molecule has 0 saturated heterocycles. The van der Waals surface area contributed by atoms with Gasteiger partial charge in [0.2, 0.25) is 0 Å². The molecular formula is C24H18ClF4N3O4. The van der Waals surface area contributed by atoms with Gasteiger partial charge in [-0.2, -0.15) is 18.3 Å². The lowest BCUT2D eigenvalue weighted by Gasteiger charge is -2.12. The summed E-state index contributed by atoms with van der Waals surface area (Å²) in [6.07, 6.45) is -3.46. The van der Waals surface area contributed by atoms with Crippen molar-refractivity contribution in [2.45, 2.75) is 12.8 Å². The Hall–Kier alpha value is -4.12. The van der Waals surface area contributed by atoms with E-state index in [0.29, 0.717) is 28.7 Å². The van der Waals surface area contributed by atoms with Crippen LogP contribution in [0.3, 0.4) is 0 Å². The summed E-state index contributed by atoms with van der Waals surface area (Å²) < 4.78 is 63.2. The number of ether oxygens (including phenoxy) is 2. The molecule has 0 spiro atoms. The number of benzene rings is 3. The first-order chi connectivity index (χ1) is 17.1. The number of alkyl halides is 3. The van der Waals surface area contributed by atoms with Crippen molar-refractivity contribution in [3.8, 4) is 11.5 Å². The zero-order chi connectivity index (χ0) is 26.3. The minimum atomic E-state index is -4.66. The highest BCUT2D eigenvalue weighted by Crippen LogP contribution is 2.34. The number of amides is 2. The van der Waals surface area contributed by atoms with Gasteiger partial charge in [0, 0.05) is 5.56 Å². The molecule has 0 atom stereocenters. The van der Waals surface area contributed by atoms with E-state index in [4.69, 9.17) is 21.1 Å². The maximum Gasteiger partial charge on any atom is 0.416 e. The molecule has 0 saturated carbocycles. The van der Waals surface area contributed by atoms with Crippen molar-refractivity contribution < 1.29 is 36.6 Å². The molecule has 0 heterocycles. The van der Waals surface area contributed by atoms with Crippen molar-refractivity contribution in [2.75, 3.05) is 12.4 Å². The van der Waals surface area contributed by atoms with Crippen LogP contribution in [0.1, 0.15) is 16.7 Å². The Bertz CT molecular complexity index is 1300. The molecule has 2 amide bonds. The van der Waals surface area contributed by atoms with Gasteiger partial charge in [0.25, 0.3) is 0 Å². The van der Waals surface area contributed by atoms with E-state index in [1.165, 1.54) is 25.5 Å². The highest BCUT2D eigenvalue weighted by molar-refractivity contribution is 6.41. The lowest BCUT2D eigenvalue weighted by Crippen LogP contribution is -2.32. The summed E-state index contributed by atoms with van der Waals surface area (Å²) in [4.78, 5) is 24.0. The number of hydrazone groups is 1. The Kier molecular flexibility index (Phi) is 8.49. The number of hydrogen-bond acceptors (Lipinski definition) is 5. The summed E-state index contributed by atoms with van der Waals surface area (Å²) in [5.41, 5.74) is 1.34. The number of hydrogen-bond donors (Lipinski definition) is 2. The van der Waals surface area contributed by atoms with Gasteiger partial charge < -0.3 is 14.8 Å². The fraction of sp³-hybridized carbons (Fsp3) is 0.125. The van der Waals surface area contributed by atoms with Crippen molar-refractivity contribution in [2.24, 2.45) is 5.10 Å². The summed E-state index contributed by atoms with van der Waals surface area (Å²) in [5.74, 6) is -2.28. The zero-order valence-corrected chi connectivity index (χ0v) is 19.3. The lowest BCUT2D eigenvalue weighted by atomic mass is 10.2. The van der Waals surface area contributed by atoms with Crippen LogP contribution in [-0.4, -0.2) is 25.1 Å². The second kappa shape index (κ2) is 11.5. The van der Waals surface area contributed by atoms with Gasteiger partial charge in [-0.25, -0.2) is 9.82 Å². The maximum absolute atomic E-state index is 13.8. The SMILES string of the molecule is COc1cc(/C=N/NC(=O)C(=O)Nc2cc(C(F)(F)F)ccc2Cl)ccc1OCc1ccccc1F. The first-order valence-electron chi connectivity index (χ1n) is 10.1. The van der Waals surface area contributed by atoms with Gasteiger partial charge in [0.1, 0.15) is 12.4 Å². The van der Waals surface area contributed by atoms with Crippen molar-refractivity contribution in [1.82, 2.24) is 5.43 Å². The number of halogens is 5. The third-order valence-electron chi connectivity index (χ3n) is 4.66. The molecule has 0 aliphatic carbocycles. The van der Waals surface area contributed by atoms with E-state index in [9.17, 15) is 27.2 Å². The standard InChI is InChI=1S/C24H18ClF4N3O4/c1-35-21-10-14(6-9-20(21)36-13-15-4-2-3-5-18(15)26)12-30-32-23(34)22(33)31-19-11-16(24(27,28)29)7-8-17(19)25/h2-12H,13H2,1H3,(H,31,33)(H,32,34)/b30-12+. The van der Waals surface area contributed by atoms with Gasteiger partial charge in [0.15, 0.2) is 11.5 Å². The summed E-state index contributed by atoms with van der Waals surface area (Å²) in [5, 5.41) is 5.47. The van der Waals surface area contributed by atoms with E-state index in [0.717, 1.165) is 12.1 Å². The van der Waals surface area contributed by atoms with E-state index in [2.05, 4.69) is 5.10 Å². The minimum Gasteiger partial charge on any atom is -0.493 e. The van der Waals surface area contributed by atoms with Crippen LogP contribution in [0.4, 0.5) is 23.2 Å². The molecule has 3 aromatic rings. The van der Waals surface area contributed by atoms with E-state index in [1.54, 1.807) is 30.3 Å². The Morgan fingerprint density at radius 2 is 1.78 bits per heavy atom. The van der Waals surface area contributed by atoms with Crippen LogP contribution in [-0.2, 0) is 22.4 Å². The van der Waals surface area contributed by atoms with Crippen molar-refractivity contribution >= 4 is 35.3 Å². The maximum atomic E-state index is 13.8. The van der Waals surface area contributed by atoms with Gasteiger partial charge in [-0.3, -0.25) is 9.59 Å². The van der Waals surface area contributed by atoms with Crippen molar-refractivity contribution in [3.63, 3.8) is 0 Å². The number of anilines is 1. The van der Waals surface area contributed by atoms with Crippen LogP contribution in [0.5, 0.6) is 11.5 Å². The molecule has 2 N–H and O–H groups in total. The second-order valence-corrected chi connectivity index (χ2v) is 7.54. The fourth-order valence-corrected chi connectivity index (χ4v) is 3.01. The molecule has 0 fully saturated rings. The van der Waals surface area contributed by atoms with Gasteiger partial charge in [0.05, 0.1) is 29.6 Å². The molecule has 0 aliphatic heterocycles. The Labute approximate surface area is 207 Å². The molecule has 0 aromatic heterocycles. The molecule has 0 unspecified atom stereocenters. The normalized spacial score (nSPS) is 11.3. The average Bonchev–Trinajstić information content (AvgIpc) is 2.84. The Balaban J connectivity index is 1.60. The summed E-state index contributed by atoms with van der Waals surface area (Å²) in [6.45, 7) is -0.0302. The third kappa shape index (κ3) is 6.95.